The van der Waals surface area contributed by atoms with Gasteiger partial charge in [-0.25, -0.2) is 18.7 Å². The lowest BCUT2D eigenvalue weighted by atomic mass is 9.88. The number of nitrogens with one attached hydrogen (secondary N) is 1. The van der Waals surface area contributed by atoms with Gasteiger partial charge in [-0.05, 0) is 36.8 Å². The summed E-state index contributed by atoms with van der Waals surface area (Å²) in [5.74, 6) is -1.86. The molecule has 4 aromatic rings. The number of nitrogens with two attached hydrogens (primary N) is 2. The number of pyridine rings is 3. The maximum atomic E-state index is 14.7. The molecule has 1 aromatic carbocycles. The highest BCUT2D eigenvalue weighted by Crippen LogP contribution is 2.30. The van der Waals surface area contributed by atoms with Gasteiger partial charge in [0.2, 0.25) is 0 Å². The molecule has 0 unspecified atom stereocenters. The summed E-state index contributed by atoms with van der Waals surface area (Å²) in [5.41, 5.74) is 13.9. The largest absolute Gasteiger partial charge is 0.397 e. The third-order valence-electron chi connectivity index (χ3n) is 5.03. The third-order valence-corrected chi connectivity index (χ3v) is 5.03. The number of nitrogens with zero attached hydrogens (tertiary/aromatic N) is 3. The summed E-state index contributed by atoms with van der Waals surface area (Å²) >= 11 is 0. The number of carbonyl (C=O) groups is 1. The van der Waals surface area contributed by atoms with Crippen LogP contribution in [-0.2, 0) is 0 Å². The number of hydrogen-bond acceptors (Lipinski definition) is 6. The minimum atomic E-state index is -0.831. The average molecular weight is 444 g/mol. The van der Waals surface area contributed by atoms with Crippen LogP contribution in [0.3, 0.4) is 0 Å². The number of hydrogen-bond donors (Lipinski definition) is 3. The van der Waals surface area contributed by atoms with Crippen LogP contribution in [-0.4, -0.2) is 28.7 Å². The van der Waals surface area contributed by atoms with Gasteiger partial charge in [0.15, 0.2) is 11.5 Å². The van der Waals surface area contributed by atoms with E-state index in [0.29, 0.717) is 28.2 Å². The molecule has 4 rings (SSSR count). The molecule has 0 saturated carbocycles. The van der Waals surface area contributed by atoms with Crippen molar-refractivity contribution in [3.05, 3.63) is 77.9 Å². The number of amides is 1. The fraction of sp³-hybridized carbons (Fsp3) is 0.0435. The van der Waals surface area contributed by atoms with Crippen molar-refractivity contribution in [3.63, 3.8) is 0 Å². The van der Waals surface area contributed by atoms with Gasteiger partial charge in [-0.2, -0.15) is 0 Å². The highest BCUT2D eigenvalue weighted by molar-refractivity contribution is 6.35. The lowest BCUT2D eigenvalue weighted by Crippen LogP contribution is -2.19. The molecule has 0 atom stereocenters. The molecule has 33 heavy (non-hydrogen) atoms. The quantitative estimate of drug-likeness (QED) is 0.416. The molecule has 0 bridgehead atoms. The molecule has 1 amide bonds. The van der Waals surface area contributed by atoms with Crippen LogP contribution in [0.2, 0.25) is 0 Å². The van der Waals surface area contributed by atoms with E-state index in [4.69, 9.17) is 11.5 Å². The van der Waals surface area contributed by atoms with Crippen LogP contribution in [0.4, 0.5) is 26.0 Å². The predicted octanol–water partition coefficient (Wildman–Crippen LogP) is 2.47. The molecular formula is C23H19BF2N6O. The Morgan fingerprint density at radius 1 is 1.06 bits per heavy atom. The summed E-state index contributed by atoms with van der Waals surface area (Å²) < 4.78 is 29.1. The maximum absolute atomic E-state index is 14.7. The Morgan fingerprint density at radius 3 is 2.58 bits per heavy atom. The number of nitrogen functional groups attached to an aromatic ring is 2. The standard InChI is InChI=1S/C23H19BF2N6O/c1-11-7-12(8-19(28)30-11)13-5-6-29-10-18(13)31-23(33)22-17(27)9-16(26)21(32-22)20-14(24)3-2-4-15(20)25/h2-10H,24,27H2,1H3,(H2,28,30)(H,31,33). The number of halogens is 2. The molecule has 7 nitrogen and oxygen atoms in total. The Labute approximate surface area is 189 Å². The van der Waals surface area contributed by atoms with E-state index in [1.165, 1.54) is 18.3 Å². The van der Waals surface area contributed by atoms with E-state index in [2.05, 4.69) is 20.3 Å². The van der Waals surface area contributed by atoms with Gasteiger partial charge in [0.25, 0.3) is 5.91 Å². The summed E-state index contributed by atoms with van der Waals surface area (Å²) in [5, 5.41) is 2.71. The van der Waals surface area contributed by atoms with Gasteiger partial charge in [-0.1, -0.05) is 17.6 Å². The van der Waals surface area contributed by atoms with Crippen molar-refractivity contribution in [2.24, 2.45) is 0 Å². The summed E-state index contributed by atoms with van der Waals surface area (Å²) in [4.78, 5) is 25.4. The van der Waals surface area contributed by atoms with Gasteiger partial charge in [0.05, 0.1) is 17.6 Å². The first kappa shape index (κ1) is 21.9. The Morgan fingerprint density at radius 2 is 1.85 bits per heavy atom. The van der Waals surface area contributed by atoms with E-state index in [0.717, 1.165) is 11.6 Å². The number of aromatic nitrogens is 3. The minimum Gasteiger partial charge on any atom is -0.397 e. The molecular weight excluding hydrogens is 425 g/mol. The predicted molar refractivity (Wildman–Crippen MR) is 127 cm³/mol. The van der Waals surface area contributed by atoms with Crippen LogP contribution < -0.4 is 22.2 Å². The zero-order valence-electron chi connectivity index (χ0n) is 17.9. The van der Waals surface area contributed by atoms with E-state index in [1.54, 1.807) is 39.2 Å². The molecule has 5 N–H and O–H groups in total. The van der Waals surface area contributed by atoms with Gasteiger partial charge in [-0.15, -0.1) is 0 Å². The van der Waals surface area contributed by atoms with Crippen LogP contribution in [0.5, 0.6) is 0 Å². The summed E-state index contributed by atoms with van der Waals surface area (Å²) in [6, 6.07) is 10.5. The molecule has 0 aliphatic heterocycles. The fourth-order valence-corrected chi connectivity index (χ4v) is 3.57. The van der Waals surface area contributed by atoms with Crippen molar-refractivity contribution in [1.82, 2.24) is 15.0 Å². The average Bonchev–Trinajstić information content (AvgIpc) is 2.74. The monoisotopic (exact) mass is 444 g/mol. The second-order valence-electron chi connectivity index (χ2n) is 7.49. The Kier molecular flexibility index (Phi) is 5.74. The number of anilines is 3. The van der Waals surface area contributed by atoms with Crippen molar-refractivity contribution in [2.75, 3.05) is 16.8 Å². The molecule has 164 valence electrons. The van der Waals surface area contributed by atoms with E-state index in [-0.39, 0.29) is 22.6 Å². The number of carbonyl (C=O) groups excluding carboxylic acids is 1. The molecule has 0 saturated heterocycles. The Hall–Kier alpha value is -4.34. The van der Waals surface area contributed by atoms with Gasteiger partial charge >= 0.3 is 0 Å². The first-order valence-electron chi connectivity index (χ1n) is 9.96. The number of rotatable bonds is 4. The number of aryl methyl sites for hydroxylation is 1. The molecule has 3 aromatic heterocycles. The molecule has 0 aliphatic rings. The SMILES string of the molecule is Bc1cccc(F)c1-c1nc(C(=O)Nc2cnccc2-c2cc(C)nc(N)c2)c(N)cc1F. The second-order valence-corrected chi connectivity index (χ2v) is 7.49. The van der Waals surface area contributed by atoms with Gasteiger partial charge in [0.1, 0.15) is 25.2 Å². The number of benzene rings is 1. The molecule has 3 heterocycles. The van der Waals surface area contributed by atoms with E-state index in [9.17, 15) is 13.6 Å². The second kappa shape index (κ2) is 8.66. The van der Waals surface area contributed by atoms with Crippen molar-refractivity contribution >= 4 is 36.4 Å². The zero-order chi connectivity index (χ0) is 23.7. The van der Waals surface area contributed by atoms with Gasteiger partial charge in [-0.3, -0.25) is 9.78 Å². The summed E-state index contributed by atoms with van der Waals surface area (Å²) in [6.45, 7) is 1.80. The van der Waals surface area contributed by atoms with E-state index >= 15 is 0 Å². The smallest absolute Gasteiger partial charge is 0.276 e. The third kappa shape index (κ3) is 4.36. The molecule has 0 spiro atoms. The van der Waals surface area contributed by atoms with Crippen LogP contribution in [0.15, 0.2) is 54.9 Å². The lowest BCUT2D eigenvalue weighted by Gasteiger charge is -2.14. The highest BCUT2D eigenvalue weighted by atomic mass is 19.1. The van der Waals surface area contributed by atoms with Crippen LogP contribution in [0.1, 0.15) is 16.2 Å². The van der Waals surface area contributed by atoms with Crippen molar-refractivity contribution in [1.29, 1.82) is 0 Å². The fourth-order valence-electron chi connectivity index (χ4n) is 3.57. The first-order chi connectivity index (χ1) is 15.7. The normalized spacial score (nSPS) is 10.8. The minimum absolute atomic E-state index is 0.0335. The summed E-state index contributed by atoms with van der Waals surface area (Å²) in [6.07, 6.45) is 3.03. The Bertz CT molecular complexity index is 1360. The Balaban J connectivity index is 1.75. The maximum Gasteiger partial charge on any atom is 0.276 e. The molecule has 0 fully saturated rings. The first-order valence-corrected chi connectivity index (χ1v) is 9.96. The van der Waals surface area contributed by atoms with Gasteiger partial charge < -0.3 is 16.8 Å². The van der Waals surface area contributed by atoms with Crippen molar-refractivity contribution < 1.29 is 13.6 Å². The summed E-state index contributed by atoms with van der Waals surface area (Å²) in [7, 11) is 1.62. The van der Waals surface area contributed by atoms with Gasteiger partial charge in [0, 0.05) is 29.1 Å². The highest BCUT2D eigenvalue weighted by Gasteiger charge is 2.21. The lowest BCUT2D eigenvalue weighted by molar-refractivity contribution is 0.102. The zero-order valence-corrected chi connectivity index (χ0v) is 17.9. The van der Waals surface area contributed by atoms with Crippen molar-refractivity contribution in [3.8, 4) is 22.4 Å². The molecule has 10 heteroatoms. The molecule has 0 radical (unpaired) electrons. The molecule has 0 aliphatic carbocycles. The van der Waals surface area contributed by atoms with Crippen LogP contribution >= 0.6 is 0 Å². The van der Waals surface area contributed by atoms with Crippen LogP contribution in [0.25, 0.3) is 22.4 Å². The van der Waals surface area contributed by atoms with Crippen molar-refractivity contribution in [2.45, 2.75) is 6.92 Å². The topological polar surface area (TPSA) is 120 Å². The van der Waals surface area contributed by atoms with Crippen LogP contribution in [0, 0.1) is 18.6 Å². The van der Waals surface area contributed by atoms with E-state index < -0.39 is 17.5 Å². The van der Waals surface area contributed by atoms with E-state index in [1.807, 2.05) is 6.07 Å².